The zero-order valence-corrected chi connectivity index (χ0v) is 17.4. The van der Waals surface area contributed by atoms with E-state index in [1.165, 1.54) is 49.7 Å². The molecule has 0 atom stereocenters. The maximum Gasteiger partial charge on any atom is 0.0972 e. The SMILES string of the molecule is C=N/C=C(\C=NCCCC1CCCC1)c1ccc(NC(C)=NC)c(C)c1C. The van der Waals surface area contributed by atoms with Gasteiger partial charge in [-0.15, -0.1) is 0 Å². The Morgan fingerprint density at radius 3 is 2.63 bits per heavy atom. The quantitative estimate of drug-likeness (QED) is 0.350. The molecule has 0 saturated heterocycles. The Balaban J connectivity index is 2.06. The van der Waals surface area contributed by atoms with Gasteiger partial charge in [0.1, 0.15) is 0 Å². The molecule has 0 bridgehead atoms. The highest BCUT2D eigenvalue weighted by Crippen LogP contribution is 2.29. The number of anilines is 1. The fraction of sp³-hybridized carbons (Fsp3) is 0.522. The minimum atomic E-state index is 0.884. The molecule has 1 N–H and O–H groups in total. The zero-order chi connectivity index (χ0) is 19.6. The number of benzene rings is 1. The van der Waals surface area contributed by atoms with E-state index in [1.54, 1.807) is 13.2 Å². The lowest BCUT2D eigenvalue weighted by molar-refractivity contribution is 0.488. The van der Waals surface area contributed by atoms with E-state index in [0.717, 1.165) is 35.1 Å². The van der Waals surface area contributed by atoms with Crippen LogP contribution in [0.3, 0.4) is 0 Å². The molecule has 0 spiro atoms. The topological polar surface area (TPSA) is 49.1 Å². The highest BCUT2D eigenvalue weighted by Gasteiger charge is 2.14. The Kier molecular flexibility index (Phi) is 8.43. The van der Waals surface area contributed by atoms with Crippen molar-refractivity contribution in [3.8, 4) is 0 Å². The van der Waals surface area contributed by atoms with Crippen molar-refractivity contribution in [2.45, 2.75) is 59.3 Å². The third kappa shape index (κ3) is 6.16. The third-order valence-corrected chi connectivity index (χ3v) is 5.58. The van der Waals surface area contributed by atoms with Crippen LogP contribution in [0.4, 0.5) is 5.69 Å². The van der Waals surface area contributed by atoms with Gasteiger partial charge < -0.3 is 5.32 Å². The van der Waals surface area contributed by atoms with E-state index in [9.17, 15) is 0 Å². The molecule has 0 aliphatic heterocycles. The van der Waals surface area contributed by atoms with Gasteiger partial charge in [0, 0.05) is 37.3 Å². The normalized spacial score (nSPS) is 16.3. The number of amidine groups is 1. The first-order valence-corrected chi connectivity index (χ1v) is 10.0. The molecular formula is C23H34N4. The number of allylic oxidation sites excluding steroid dienone is 1. The third-order valence-electron chi connectivity index (χ3n) is 5.58. The lowest BCUT2D eigenvalue weighted by Crippen LogP contribution is -2.09. The molecule has 1 aliphatic rings. The van der Waals surface area contributed by atoms with Crippen LogP contribution < -0.4 is 5.32 Å². The van der Waals surface area contributed by atoms with Crippen molar-refractivity contribution in [3.63, 3.8) is 0 Å². The minimum absolute atomic E-state index is 0.884. The number of rotatable bonds is 8. The van der Waals surface area contributed by atoms with Gasteiger partial charge in [0.2, 0.25) is 0 Å². The molecule has 1 fully saturated rings. The number of aliphatic imine (C=N–C) groups is 3. The van der Waals surface area contributed by atoms with Gasteiger partial charge in [0.05, 0.1) is 5.84 Å². The molecule has 0 radical (unpaired) electrons. The highest BCUT2D eigenvalue weighted by atomic mass is 15.0. The Bertz CT molecular complexity index is 722. The van der Waals surface area contributed by atoms with Gasteiger partial charge in [0.25, 0.3) is 0 Å². The molecule has 4 heteroatoms. The molecule has 1 aromatic carbocycles. The number of hydrogen-bond donors (Lipinski definition) is 1. The lowest BCUT2D eigenvalue weighted by atomic mass is 9.96. The summed E-state index contributed by atoms with van der Waals surface area (Å²) in [6.07, 6.45) is 11.9. The van der Waals surface area contributed by atoms with Gasteiger partial charge in [-0.3, -0.25) is 15.0 Å². The van der Waals surface area contributed by atoms with Crippen LogP contribution in [0, 0.1) is 19.8 Å². The minimum Gasteiger partial charge on any atom is -0.344 e. The van der Waals surface area contributed by atoms with Crippen molar-refractivity contribution < 1.29 is 0 Å². The molecule has 146 valence electrons. The zero-order valence-electron chi connectivity index (χ0n) is 17.4. The van der Waals surface area contributed by atoms with E-state index >= 15 is 0 Å². The highest BCUT2D eigenvalue weighted by molar-refractivity contribution is 6.10. The molecule has 27 heavy (non-hydrogen) atoms. The van der Waals surface area contributed by atoms with Gasteiger partial charge in [0.15, 0.2) is 0 Å². The fourth-order valence-electron chi connectivity index (χ4n) is 3.72. The summed E-state index contributed by atoms with van der Waals surface area (Å²) in [6, 6.07) is 4.21. The Morgan fingerprint density at radius 1 is 1.22 bits per heavy atom. The van der Waals surface area contributed by atoms with E-state index in [1.807, 2.05) is 13.1 Å². The molecule has 0 unspecified atom stereocenters. The van der Waals surface area contributed by atoms with Crippen molar-refractivity contribution in [1.82, 2.24) is 0 Å². The van der Waals surface area contributed by atoms with Crippen LogP contribution in [0.25, 0.3) is 5.57 Å². The molecule has 0 aromatic heterocycles. The molecular weight excluding hydrogens is 332 g/mol. The summed E-state index contributed by atoms with van der Waals surface area (Å²) in [5, 5.41) is 3.35. The Morgan fingerprint density at radius 2 is 1.96 bits per heavy atom. The van der Waals surface area contributed by atoms with E-state index < -0.39 is 0 Å². The average molecular weight is 367 g/mol. The van der Waals surface area contributed by atoms with E-state index in [0.29, 0.717) is 0 Å². The first-order chi connectivity index (χ1) is 13.1. The smallest absolute Gasteiger partial charge is 0.0972 e. The molecule has 0 heterocycles. The van der Waals surface area contributed by atoms with Crippen LogP contribution in [0.5, 0.6) is 0 Å². The Labute approximate surface area is 164 Å². The first kappa shape index (κ1) is 21.1. The maximum absolute atomic E-state index is 4.67. The van der Waals surface area contributed by atoms with Crippen LogP contribution in [-0.2, 0) is 0 Å². The van der Waals surface area contributed by atoms with Crippen LogP contribution in [0.1, 0.15) is 62.1 Å². The molecule has 4 nitrogen and oxygen atoms in total. The standard InChI is InChI=1S/C23H34N4/c1-17-18(2)23(27-19(3)25-5)13-12-22(17)21(15-24-4)16-26-14-8-11-20-9-6-7-10-20/h12-13,15-16,20H,4,6-11,14H2,1-3,5H3,(H,25,27)/b21-15+,26-16?. The molecule has 1 saturated carbocycles. The molecule has 1 aromatic rings. The van der Waals surface area contributed by atoms with Gasteiger partial charge >= 0.3 is 0 Å². The number of nitrogens with one attached hydrogen (secondary N) is 1. The second-order valence-electron chi connectivity index (χ2n) is 7.44. The fourth-order valence-corrected chi connectivity index (χ4v) is 3.72. The molecule has 2 rings (SSSR count). The largest absolute Gasteiger partial charge is 0.344 e. The van der Waals surface area contributed by atoms with Gasteiger partial charge in [-0.05, 0) is 69.0 Å². The van der Waals surface area contributed by atoms with E-state index in [4.69, 9.17) is 0 Å². The summed E-state index contributed by atoms with van der Waals surface area (Å²) in [7, 11) is 1.79. The van der Waals surface area contributed by atoms with E-state index in [2.05, 4.69) is 53.0 Å². The second-order valence-corrected chi connectivity index (χ2v) is 7.44. The van der Waals surface area contributed by atoms with Crippen LogP contribution in [-0.4, -0.2) is 32.4 Å². The van der Waals surface area contributed by atoms with Gasteiger partial charge in [-0.2, -0.15) is 0 Å². The summed E-state index contributed by atoms with van der Waals surface area (Å²) >= 11 is 0. The summed E-state index contributed by atoms with van der Waals surface area (Å²) in [6.45, 7) is 10.7. The second kappa shape index (κ2) is 10.8. The first-order valence-electron chi connectivity index (χ1n) is 10.0. The summed E-state index contributed by atoms with van der Waals surface area (Å²) < 4.78 is 0. The predicted molar refractivity (Wildman–Crippen MR) is 121 cm³/mol. The summed E-state index contributed by atoms with van der Waals surface area (Å²) in [4.78, 5) is 12.8. The maximum atomic E-state index is 4.67. The van der Waals surface area contributed by atoms with Crippen molar-refractivity contribution in [3.05, 3.63) is 35.0 Å². The average Bonchev–Trinajstić information content (AvgIpc) is 3.18. The van der Waals surface area contributed by atoms with Crippen molar-refractivity contribution in [2.24, 2.45) is 20.9 Å². The molecule has 1 aliphatic carbocycles. The van der Waals surface area contributed by atoms with Crippen molar-refractivity contribution in [1.29, 1.82) is 0 Å². The van der Waals surface area contributed by atoms with Gasteiger partial charge in [-0.1, -0.05) is 31.7 Å². The predicted octanol–water partition coefficient (Wildman–Crippen LogP) is 5.85. The van der Waals surface area contributed by atoms with E-state index in [-0.39, 0.29) is 0 Å². The Hall–Kier alpha value is -2.23. The summed E-state index contributed by atoms with van der Waals surface area (Å²) in [5.74, 6) is 1.84. The number of nitrogens with zero attached hydrogens (tertiary/aromatic N) is 3. The lowest BCUT2D eigenvalue weighted by Gasteiger charge is -2.15. The monoisotopic (exact) mass is 366 g/mol. The van der Waals surface area contributed by atoms with Crippen LogP contribution in [0.2, 0.25) is 0 Å². The van der Waals surface area contributed by atoms with Crippen LogP contribution in [0.15, 0.2) is 33.3 Å². The van der Waals surface area contributed by atoms with Gasteiger partial charge in [-0.25, -0.2) is 0 Å². The number of hydrogen-bond acceptors (Lipinski definition) is 3. The summed E-state index contributed by atoms with van der Waals surface area (Å²) in [5.41, 5.74) is 5.67. The van der Waals surface area contributed by atoms with Crippen molar-refractivity contribution >= 4 is 30.0 Å². The van der Waals surface area contributed by atoms with Crippen LogP contribution >= 0.6 is 0 Å². The van der Waals surface area contributed by atoms with Crippen molar-refractivity contribution in [2.75, 3.05) is 18.9 Å². The molecule has 0 amide bonds.